The molecule has 2 aliphatic rings. The van der Waals surface area contributed by atoms with Crippen LogP contribution in [0.3, 0.4) is 0 Å². The molecule has 2 fully saturated rings. The van der Waals surface area contributed by atoms with Gasteiger partial charge in [-0.15, -0.1) is 5.10 Å². The number of halogens is 1. The van der Waals surface area contributed by atoms with Crippen LogP contribution in [0.15, 0.2) is 63.6 Å². The normalized spacial score (nSPS) is 20.3. The molecule has 12 heteroatoms. The standard InChI is InChI=1S/C23H24ClN5O4S2/c24-17-6-4-5-16(13-17)15-25-28-23-27-22(31)20(34-23)14-21(30)26-18-7-9-19(10-8-18)35(32,33)29-11-2-1-3-12-29/h4-10,13,15,20H,1-3,11-12,14H2,(H,26,30)(H,27,28,31)/b25-15+. The highest BCUT2D eigenvalue weighted by molar-refractivity contribution is 8.15. The largest absolute Gasteiger partial charge is 0.326 e. The Morgan fingerprint density at radius 2 is 1.91 bits per heavy atom. The Morgan fingerprint density at radius 3 is 2.63 bits per heavy atom. The summed E-state index contributed by atoms with van der Waals surface area (Å²) in [6, 6.07) is 13.2. The van der Waals surface area contributed by atoms with E-state index in [2.05, 4.69) is 20.8 Å². The van der Waals surface area contributed by atoms with E-state index in [1.807, 2.05) is 6.07 Å². The summed E-state index contributed by atoms with van der Waals surface area (Å²) >= 11 is 7.05. The number of piperidine rings is 1. The molecule has 4 rings (SSSR count). The lowest BCUT2D eigenvalue weighted by molar-refractivity contribution is -0.122. The van der Waals surface area contributed by atoms with Gasteiger partial charge in [0.05, 0.1) is 11.1 Å². The van der Waals surface area contributed by atoms with Gasteiger partial charge in [-0.1, -0.05) is 41.9 Å². The van der Waals surface area contributed by atoms with Crippen molar-refractivity contribution in [1.29, 1.82) is 0 Å². The maximum absolute atomic E-state index is 12.8. The zero-order valence-electron chi connectivity index (χ0n) is 18.7. The van der Waals surface area contributed by atoms with Crippen molar-refractivity contribution >= 4 is 62.3 Å². The molecule has 0 aliphatic carbocycles. The third-order valence-corrected chi connectivity index (χ3v) is 8.66. The van der Waals surface area contributed by atoms with Gasteiger partial charge in [0.1, 0.15) is 5.25 Å². The van der Waals surface area contributed by atoms with E-state index in [1.54, 1.807) is 30.3 Å². The summed E-state index contributed by atoms with van der Waals surface area (Å²) in [6.07, 6.45) is 4.21. The molecular formula is C23H24ClN5O4S2. The lowest BCUT2D eigenvalue weighted by Crippen LogP contribution is -2.35. The quantitative estimate of drug-likeness (QED) is 0.417. The SMILES string of the molecule is O=C(CC1S/C(=N/N=C/c2cccc(Cl)c2)NC1=O)Nc1ccc(S(=O)(=O)N2CCCCC2)cc1. The second-order valence-electron chi connectivity index (χ2n) is 8.04. The van der Waals surface area contributed by atoms with Crippen molar-refractivity contribution in [2.45, 2.75) is 35.8 Å². The molecule has 35 heavy (non-hydrogen) atoms. The van der Waals surface area contributed by atoms with Gasteiger partial charge >= 0.3 is 0 Å². The van der Waals surface area contributed by atoms with Gasteiger partial charge in [0, 0.05) is 30.2 Å². The summed E-state index contributed by atoms with van der Waals surface area (Å²) in [4.78, 5) is 24.9. The fourth-order valence-electron chi connectivity index (χ4n) is 3.67. The van der Waals surface area contributed by atoms with E-state index in [-0.39, 0.29) is 23.1 Å². The summed E-state index contributed by atoms with van der Waals surface area (Å²) in [5.74, 6) is -0.696. The molecule has 0 bridgehead atoms. The van der Waals surface area contributed by atoms with Crippen LogP contribution in [0.5, 0.6) is 0 Å². The predicted octanol–water partition coefficient (Wildman–Crippen LogP) is 3.46. The lowest BCUT2D eigenvalue weighted by Gasteiger charge is -2.25. The third-order valence-electron chi connectivity index (χ3n) is 5.44. The number of amides is 2. The van der Waals surface area contributed by atoms with Gasteiger partial charge in [0.2, 0.25) is 21.8 Å². The molecule has 9 nitrogen and oxygen atoms in total. The number of benzene rings is 2. The molecule has 2 aromatic rings. The van der Waals surface area contributed by atoms with E-state index in [9.17, 15) is 18.0 Å². The minimum Gasteiger partial charge on any atom is -0.326 e. The molecule has 0 aromatic heterocycles. The molecule has 2 aromatic carbocycles. The third kappa shape index (κ3) is 6.69. The first-order valence-corrected chi connectivity index (χ1v) is 13.8. The van der Waals surface area contributed by atoms with Gasteiger partial charge in [0.25, 0.3) is 0 Å². The smallest absolute Gasteiger partial charge is 0.243 e. The van der Waals surface area contributed by atoms with Crippen LogP contribution in [0.25, 0.3) is 0 Å². The van der Waals surface area contributed by atoms with E-state index in [1.165, 1.54) is 22.7 Å². The number of sulfonamides is 1. The molecule has 1 unspecified atom stereocenters. The number of carbonyl (C=O) groups excluding carboxylic acids is 2. The molecule has 2 heterocycles. The van der Waals surface area contributed by atoms with Gasteiger partial charge in [0.15, 0.2) is 5.17 Å². The Labute approximate surface area is 213 Å². The molecule has 0 radical (unpaired) electrons. The first-order chi connectivity index (χ1) is 16.8. The number of nitrogens with zero attached hydrogens (tertiary/aromatic N) is 3. The average molecular weight is 534 g/mol. The van der Waals surface area contributed by atoms with E-state index >= 15 is 0 Å². The fourth-order valence-corrected chi connectivity index (χ4v) is 6.31. The highest BCUT2D eigenvalue weighted by atomic mass is 35.5. The Hall–Kier alpha value is -2.73. The molecule has 0 saturated carbocycles. The summed E-state index contributed by atoms with van der Waals surface area (Å²) in [5, 5.41) is 13.5. The van der Waals surface area contributed by atoms with Crippen LogP contribution in [-0.2, 0) is 19.6 Å². The van der Waals surface area contributed by atoms with Crippen LogP contribution in [0.1, 0.15) is 31.2 Å². The first kappa shape index (κ1) is 25.4. The van der Waals surface area contributed by atoms with Crippen LogP contribution in [0, 0.1) is 0 Å². The van der Waals surface area contributed by atoms with Crippen molar-refractivity contribution in [3.05, 3.63) is 59.1 Å². The van der Waals surface area contributed by atoms with Gasteiger partial charge in [-0.3, -0.25) is 9.59 Å². The lowest BCUT2D eigenvalue weighted by atomic mass is 10.2. The minimum absolute atomic E-state index is 0.0681. The van der Waals surface area contributed by atoms with Gasteiger partial charge in [-0.25, -0.2) is 8.42 Å². The summed E-state index contributed by atoms with van der Waals surface area (Å²) < 4.78 is 27.0. The fraction of sp³-hybridized carbons (Fsp3) is 0.304. The van der Waals surface area contributed by atoms with Gasteiger partial charge < -0.3 is 10.6 Å². The summed E-state index contributed by atoms with van der Waals surface area (Å²) in [6.45, 7) is 1.05. The molecule has 2 N–H and O–H groups in total. The Balaban J connectivity index is 1.31. The predicted molar refractivity (Wildman–Crippen MR) is 138 cm³/mol. The van der Waals surface area contributed by atoms with Gasteiger partial charge in [-0.2, -0.15) is 9.41 Å². The van der Waals surface area contributed by atoms with Crippen LogP contribution in [-0.4, -0.2) is 54.3 Å². The van der Waals surface area contributed by atoms with Crippen molar-refractivity contribution < 1.29 is 18.0 Å². The van der Waals surface area contributed by atoms with E-state index < -0.39 is 15.3 Å². The maximum Gasteiger partial charge on any atom is 0.243 e. The second kappa shape index (κ2) is 11.3. The highest BCUT2D eigenvalue weighted by Crippen LogP contribution is 2.24. The van der Waals surface area contributed by atoms with Crippen LogP contribution >= 0.6 is 23.4 Å². The Kier molecular flexibility index (Phi) is 8.22. The number of carbonyl (C=O) groups is 2. The van der Waals surface area contributed by atoms with Crippen LogP contribution < -0.4 is 10.6 Å². The van der Waals surface area contributed by atoms with Gasteiger partial charge in [-0.05, 0) is 54.8 Å². The second-order valence-corrected chi connectivity index (χ2v) is 11.6. The Morgan fingerprint density at radius 1 is 1.17 bits per heavy atom. The molecular weight excluding hydrogens is 510 g/mol. The zero-order chi connectivity index (χ0) is 24.8. The van der Waals surface area contributed by atoms with Crippen molar-refractivity contribution in [2.24, 2.45) is 10.2 Å². The minimum atomic E-state index is -3.53. The maximum atomic E-state index is 12.8. The van der Waals surface area contributed by atoms with Crippen LogP contribution in [0.4, 0.5) is 5.69 Å². The molecule has 0 spiro atoms. The summed E-state index contributed by atoms with van der Waals surface area (Å²) in [7, 11) is -3.53. The molecule has 2 amide bonds. The number of thioether (sulfide) groups is 1. The molecule has 2 saturated heterocycles. The number of anilines is 1. The van der Waals surface area contributed by atoms with E-state index in [4.69, 9.17) is 11.6 Å². The van der Waals surface area contributed by atoms with Crippen molar-refractivity contribution in [2.75, 3.05) is 18.4 Å². The van der Waals surface area contributed by atoms with Crippen LogP contribution in [0.2, 0.25) is 5.02 Å². The van der Waals surface area contributed by atoms with Crippen molar-refractivity contribution in [1.82, 2.24) is 9.62 Å². The zero-order valence-corrected chi connectivity index (χ0v) is 21.1. The Bertz CT molecular complexity index is 1260. The van der Waals surface area contributed by atoms with E-state index in [0.717, 1.165) is 36.6 Å². The molecule has 2 aliphatic heterocycles. The number of rotatable bonds is 7. The average Bonchev–Trinajstić information content (AvgIpc) is 3.18. The monoisotopic (exact) mass is 533 g/mol. The molecule has 1 atom stereocenters. The summed E-state index contributed by atoms with van der Waals surface area (Å²) in [5.41, 5.74) is 1.22. The number of hydrogen-bond acceptors (Lipinski definition) is 7. The number of amidine groups is 1. The number of hydrogen-bond donors (Lipinski definition) is 2. The number of nitrogens with one attached hydrogen (secondary N) is 2. The first-order valence-electron chi connectivity index (χ1n) is 11.1. The topological polar surface area (TPSA) is 120 Å². The van der Waals surface area contributed by atoms with Crippen molar-refractivity contribution in [3.8, 4) is 0 Å². The van der Waals surface area contributed by atoms with E-state index in [0.29, 0.717) is 29.0 Å². The van der Waals surface area contributed by atoms with Crippen molar-refractivity contribution in [3.63, 3.8) is 0 Å². The molecule has 184 valence electrons. The highest BCUT2D eigenvalue weighted by Gasteiger charge is 2.32.